The minimum atomic E-state index is -0.480. The maximum absolute atomic E-state index is 11.6. The maximum Gasteiger partial charge on any atom is 0.407 e. The Labute approximate surface area is 120 Å². The van der Waals surface area contributed by atoms with E-state index < -0.39 is 11.7 Å². The number of carbonyl (C=O) groups excluding carboxylic acids is 1. The van der Waals surface area contributed by atoms with Crippen molar-refractivity contribution in [3.8, 4) is 0 Å². The monoisotopic (exact) mass is 277 g/mol. The normalized spacial score (nSPS) is 18.3. The molecule has 0 radical (unpaired) electrons. The van der Waals surface area contributed by atoms with E-state index in [-0.39, 0.29) is 0 Å². The van der Waals surface area contributed by atoms with Crippen molar-refractivity contribution in [2.75, 3.05) is 6.54 Å². The Kier molecular flexibility index (Phi) is 4.28. The van der Waals surface area contributed by atoms with Crippen LogP contribution in [-0.4, -0.2) is 23.2 Å². The lowest BCUT2D eigenvalue weighted by atomic mass is 9.96. The van der Waals surface area contributed by atoms with Crippen LogP contribution in [0.2, 0.25) is 0 Å². The van der Waals surface area contributed by atoms with Crippen molar-refractivity contribution in [3.05, 3.63) is 29.1 Å². The third-order valence-corrected chi connectivity index (χ3v) is 3.20. The molecule has 0 aliphatic carbocycles. The summed E-state index contributed by atoms with van der Waals surface area (Å²) in [4.78, 5) is 16.0. The van der Waals surface area contributed by atoms with Gasteiger partial charge in [-0.05, 0) is 57.9 Å². The summed E-state index contributed by atoms with van der Waals surface area (Å²) in [5.41, 5.74) is 2.93. The first-order chi connectivity index (χ1) is 9.35. The number of hydrogen-bond acceptors (Lipinski definition) is 4. The number of amides is 1. The molecule has 1 aromatic heterocycles. The lowest BCUT2D eigenvalue weighted by Crippen LogP contribution is -2.32. The van der Waals surface area contributed by atoms with Gasteiger partial charge in [0.25, 0.3) is 0 Å². The SMILES string of the molecule is CC1NCCc2cnc(CNC(=O)OC(C)(C)C)cc21. The molecule has 1 amide bonds. The van der Waals surface area contributed by atoms with Crippen LogP contribution in [0, 0.1) is 0 Å². The Morgan fingerprint density at radius 1 is 1.55 bits per heavy atom. The number of pyridine rings is 1. The molecule has 5 nitrogen and oxygen atoms in total. The highest BCUT2D eigenvalue weighted by atomic mass is 16.6. The van der Waals surface area contributed by atoms with Crippen molar-refractivity contribution in [1.29, 1.82) is 0 Å². The predicted octanol–water partition coefficient (Wildman–Crippen LogP) is 2.31. The molecule has 20 heavy (non-hydrogen) atoms. The van der Waals surface area contributed by atoms with Gasteiger partial charge in [0.15, 0.2) is 0 Å². The zero-order valence-corrected chi connectivity index (χ0v) is 12.6. The van der Waals surface area contributed by atoms with Crippen LogP contribution in [0.15, 0.2) is 12.3 Å². The molecular formula is C15H23N3O2. The molecule has 2 rings (SSSR count). The van der Waals surface area contributed by atoms with E-state index in [9.17, 15) is 4.79 Å². The Morgan fingerprint density at radius 3 is 3.00 bits per heavy atom. The van der Waals surface area contributed by atoms with Gasteiger partial charge in [-0.2, -0.15) is 0 Å². The van der Waals surface area contributed by atoms with E-state index in [0.717, 1.165) is 18.7 Å². The van der Waals surface area contributed by atoms with Gasteiger partial charge >= 0.3 is 6.09 Å². The van der Waals surface area contributed by atoms with E-state index in [1.54, 1.807) is 0 Å². The van der Waals surface area contributed by atoms with Crippen molar-refractivity contribution >= 4 is 6.09 Å². The highest BCUT2D eigenvalue weighted by molar-refractivity contribution is 5.67. The summed E-state index contributed by atoms with van der Waals surface area (Å²) in [5.74, 6) is 0. The Bertz CT molecular complexity index is 494. The number of rotatable bonds is 2. The van der Waals surface area contributed by atoms with Crippen LogP contribution >= 0.6 is 0 Å². The summed E-state index contributed by atoms with van der Waals surface area (Å²) in [6.45, 7) is 9.05. The average Bonchev–Trinajstić information content (AvgIpc) is 2.35. The molecule has 2 heterocycles. The lowest BCUT2D eigenvalue weighted by Gasteiger charge is -2.24. The van der Waals surface area contributed by atoms with Crippen molar-refractivity contribution < 1.29 is 9.53 Å². The van der Waals surface area contributed by atoms with Crippen LogP contribution in [0.4, 0.5) is 4.79 Å². The fourth-order valence-corrected chi connectivity index (χ4v) is 2.26. The van der Waals surface area contributed by atoms with E-state index in [2.05, 4.69) is 28.6 Å². The molecule has 0 fully saturated rings. The van der Waals surface area contributed by atoms with Crippen LogP contribution in [0.5, 0.6) is 0 Å². The molecule has 0 saturated heterocycles. The fourth-order valence-electron chi connectivity index (χ4n) is 2.26. The molecule has 1 aliphatic rings. The van der Waals surface area contributed by atoms with E-state index >= 15 is 0 Å². The average molecular weight is 277 g/mol. The van der Waals surface area contributed by atoms with Crippen molar-refractivity contribution in [2.45, 2.75) is 52.3 Å². The van der Waals surface area contributed by atoms with Gasteiger partial charge in [0.1, 0.15) is 5.60 Å². The van der Waals surface area contributed by atoms with Gasteiger partial charge in [-0.25, -0.2) is 4.79 Å². The zero-order valence-electron chi connectivity index (χ0n) is 12.6. The minimum absolute atomic E-state index is 0.335. The summed E-state index contributed by atoms with van der Waals surface area (Å²) in [6, 6.07) is 2.39. The predicted molar refractivity (Wildman–Crippen MR) is 77.4 cm³/mol. The molecule has 0 bridgehead atoms. The lowest BCUT2D eigenvalue weighted by molar-refractivity contribution is 0.0523. The van der Waals surface area contributed by atoms with E-state index in [4.69, 9.17) is 4.74 Å². The summed E-state index contributed by atoms with van der Waals surface area (Å²) >= 11 is 0. The highest BCUT2D eigenvalue weighted by Crippen LogP contribution is 2.22. The third kappa shape index (κ3) is 3.93. The molecule has 5 heteroatoms. The number of aromatic nitrogens is 1. The number of nitrogens with one attached hydrogen (secondary N) is 2. The summed E-state index contributed by atoms with van der Waals surface area (Å²) in [7, 11) is 0. The largest absolute Gasteiger partial charge is 0.444 e. The van der Waals surface area contributed by atoms with Gasteiger partial charge < -0.3 is 15.4 Å². The number of alkyl carbamates (subject to hydrolysis) is 1. The highest BCUT2D eigenvalue weighted by Gasteiger charge is 2.18. The van der Waals surface area contributed by atoms with Gasteiger partial charge in [-0.15, -0.1) is 0 Å². The number of carbonyl (C=O) groups is 1. The number of hydrogen-bond donors (Lipinski definition) is 2. The van der Waals surface area contributed by atoms with Gasteiger partial charge in [0, 0.05) is 12.2 Å². The molecule has 2 N–H and O–H groups in total. The van der Waals surface area contributed by atoms with Crippen molar-refractivity contribution in [3.63, 3.8) is 0 Å². The van der Waals surface area contributed by atoms with Gasteiger partial charge in [0.2, 0.25) is 0 Å². The molecule has 0 spiro atoms. The fraction of sp³-hybridized carbons (Fsp3) is 0.600. The second kappa shape index (κ2) is 5.79. The van der Waals surface area contributed by atoms with Crippen LogP contribution in [-0.2, 0) is 17.7 Å². The maximum atomic E-state index is 11.6. The Morgan fingerprint density at radius 2 is 2.30 bits per heavy atom. The quantitative estimate of drug-likeness (QED) is 0.870. The molecule has 1 unspecified atom stereocenters. The Hall–Kier alpha value is -1.62. The number of ether oxygens (including phenoxy) is 1. The third-order valence-electron chi connectivity index (χ3n) is 3.20. The van der Waals surface area contributed by atoms with Gasteiger partial charge in [0.05, 0.1) is 12.2 Å². The minimum Gasteiger partial charge on any atom is -0.444 e. The summed E-state index contributed by atoms with van der Waals surface area (Å²) in [5, 5.41) is 6.15. The molecule has 1 aromatic rings. The number of fused-ring (bicyclic) bond motifs is 1. The first-order valence-electron chi connectivity index (χ1n) is 7.03. The zero-order chi connectivity index (χ0) is 14.8. The molecule has 0 saturated carbocycles. The Balaban J connectivity index is 1.97. The van der Waals surface area contributed by atoms with Crippen LogP contribution in [0.25, 0.3) is 0 Å². The first kappa shape index (κ1) is 14.8. The van der Waals surface area contributed by atoms with Crippen LogP contribution in [0.1, 0.15) is 50.6 Å². The van der Waals surface area contributed by atoms with Crippen molar-refractivity contribution in [2.24, 2.45) is 0 Å². The molecule has 1 aliphatic heterocycles. The van der Waals surface area contributed by atoms with Gasteiger partial charge in [-0.1, -0.05) is 0 Å². The first-order valence-corrected chi connectivity index (χ1v) is 7.03. The summed E-state index contributed by atoms with van der Waals surface area (Å²) in [6.07, 6.45) is 2.51. The topological polar surface area (TPSA) is 63.2 Å². The molecule has 1 atom stereocenters. The van der Waals surface area contributed by atoms with Crippen LogP contribution < -0.4 is 10.6 Å². The van der Waals surface area contributed by atoms with E-state index in [1.165, 1.54) is 11.1 Å². The molecular weight excluding hydrogens is 254 g/mol. The second-order valence-electron chi connectivity index (χ2n) is 6.16. The second-order valence-corrected chi connectivity index (χ2v) is 6.16. The van der Waals surface area contributed by atoms with Crippen molar-refractivity contribution in [1.82, 2.24) is 15.6 Å². The van der Waals surface area contributed by atoms with Crippen LogP contribution in [0.3, 0.4) is 0 Å². The summed E-state index contributed by atoms with van der Waals surface area (Å²) < 4.78 is 5.20. The smallest absolute Gasteiger partial charge is 0.407 e. The molecule has 0 aromatic carbocycles. The standard InChI is InChI=1S/C15H23N3O2/c1-10-13-7-12(17-8-11(13)5-6-16-10)9-18-14(19)20-15(2,3)4/h7-8,10,16H,5-6,9H2,1-4H3,(H,18,19). The molecule has 110 valence electrons. The number of nitrogens with zero attached hydrogens (tertiary/aromatic N) is 1. The van der Waals surface area contributed by atoms with Gasteiger partial charge in [-0.3, -0.25) is 4.98 Å². The van der Waals surface area contributed by atoms with E-state index in [0.29, 0.717) is 12.6 Å². The van der Waals surface area contributed by atoms with E-state index in [1.807, 2.05) is 27.0 Å².